The van der Waals surface area contributed by atoms with Gasteiger partial charge < -0.3 is 15.3 Å². The summed E-state index contributed by atoms with van der Waals surface area (Å²) in [4.78, 5) is 34.8. The van der Waals surface area contributed by atoms with Crippen LogP contribution in [0.3, 0.4) is 0 Å². The van der Waals surface area contributed by atoms with Crippen LogP contribution in [0.25, 0.3) is 0 Å². The number of rotatable bonds is 7. The van der Waals surface area contributed by atoms with E-state index in [0.29, 0.717) is 18.7 Å². The summed E-state index contributed by atoms with van der Waals surface area (Å²) in [5.41, 5.74) is 1.56. The Morgan fingerprint density at radius 1 is 1.24 bits per heavy atom. The fraction of sp³-hybridized carbons (Fsp3) is 0.400. The molecule has 1 rings (SSSR count). The van der Waals surface area contributed by atoms with E-state index in [2.05, 4.69) is 5.32 Å². The minimum Gasteiger partial charge on any atom is -0.481 e. The van der Waals surface area contributed by atoms with Gasteiger partial charge in [-0.15, -0.1) is 0 Å². The molecule has 114 valence electrons. The van der Waals surface area contributed by atoms with Gasteiger partial charge in [0, 0.05) is 39.0 Å². The van der Waals surface area contributed by atoms with Crippen molar-refractivity contribution in [2.75, 3.05) is 12.4 Å². The summed E-state index contributed by atoms with van der Waals surface area (Å²) in [6.45, 7) is 1.96. The lowest BCUT2D eigenvalue weighted by molar-refractivity contribution is -0.137. The molecule has 0 saturated heterocycles. The SMILES string of the molecule is CC(=O)N(C)Cc1cccc(NC(=O)CCCC(=O)O)c1. The topological polar surface area (TPSA) is 86.7 Å². The van der Waals surface area contributed by atoms with E-state index in [1.165, 1.54) is 6.92 Å². The van der Waals surface area contributed by atoms with E-state index in [1.54, 1.807) is 30.1 Å². The molecule has 0 bridgehead atoms. The summed E-state index contributed by atoms with van der Waals surface area (Å²) in [5, 5.41) is 11.2. The Hall–Kier alpha value is -2.37. The Morgan fingerprint density at radius 2 is 1.95 bits per heavy atom. The van der Waals surface area contributed by atoms with Crippen LogP contribution in [0.5, 0.6) is 0 Å². The van der Waals surface area contributed by atoms with E-state index in [1.807, 2.05) is 6.07 Å². The maximum atomic E-state index is 11.7. The highest BCUT2D eigenvalue weighted by Gasteiger charge is 2.07. The lowest BCUT2D eigenvalue weighted by Crippen LogP contribution is -2.23. The highest BCUT2D eigenvalue weighted by Crippen LogP contribution is 2.13. The first-order valence-corrected chi connectivity index (χ1v) is 6.71. The van der Waals surface area contributed by atoms with Gasteiger partial charge in [0.15, 0.2) is 0 Å². The van der Waals surface area contributed by atoms with Crippen molar-refractivity contribution >= 4 is 23.5 Å². The number of carbonyl (C=O) groups excluding carboxylic acids is 2. The minimum absolute atomic E-state index is 0.0170. The molecule has 0 radical (unpaired) electrons. The lowest BCUT2D eigenvalue weighted by Gasteiger charge is -2.15. The summed E-state index contributed by atoms with van der Waals surface area (Å²) in [6, 6.07) is 7.23. The van der Waals surface area contributed by atoms with Crippen molar-refractivity contribution in [2.24, 2.45) is 0 Å². The van der Waals surface area contributed by atoms with Crippen LogP contribution in [-0.2, 0) is 20.9 Å². The number of hydrogen-bond donors (Lipinski definition) is 2. The van der Waals surface area contributed by atoms with Crippen LogP contribution in [0, 0.1) is 0 Å². The number of nitrogens with one attached hydrogen (secondary N) is 1. The molecule has 2 amide bonds. The van der Waals surface area contributed by atoms with Crippen LogP contribution < -0.4 is 5.32 Å². The number of amides is 2. The molecule has 2 N–H and O–H groups in total. The Balaban J connectivity index is 2.54. The van der Waals surface area contributed by atoms with Gasteiger partial charge in [0.05, 0.1) is 0 Å². The normalized spacial score (nSPS) is 10.0. The summed E-state index contributed by atoms with van der Waals surface area (Å²) in [6.07, 6.45) is 0.467. The Morgan fingerprint density at radius 3 is 2.57 bits per heavy atom. The Labute approximate surface area is 123 Å². The molecule has 6 nitrogen and oxygen atoms in total. The second kappa shape index (κ2) is 8.04. The fourth-order valence-electron chi connectivity index (χ4n) is 1.76. The summed E-state index contributed by atoms with van der Waals surface area (Å²) in [7, 11) is 1.71. The maximum absolute atomic E-state index is 11.7. The molecular weight excluding hydrogens is 272 g/mol. The van der Waals surface area contributed by atoms with Gasteiger partial charge in [0.2, 0.25) is 11.8 Å². The van der Waals surface area contributed by atoms with E-state index >= 15 is 0 Å². The molecule has 0 aromatic heterocycles. The predicted molar refractivity (Wildman–Crippen MR) is 78.7 cm³/mol. The number of hydrogen-bond acceptors (Lipinski definition) is 3. The molecule has 1 aromatic rings. The highest BCUT2D eigenvalue weighted by atomic mass is 16.4. The first kappa shape index (κ1) is 16.7. The smallest absolute Gasteiger partial charge is 0.303 e. The first-order chi connectivity index (χ1) is 9.88. The van der Waals surface area contributed by atoms with Crippen LogP contribution in [0.15, 0.2) is 24.3 Å². The highest BCUT2D eigenvalue weighted by molar-refractivity contribution is 5.90. The van der Waals surface area contributed by atoms with E-state index in [4.69, 9.17) is 5.11 Å². The van der Waals surface area contributed by atoms with E-state index in [-0.39, 0.29) is 24.7 Å². The van der Waals surface area contributed by atoms with E-state index in [0.717, 1.165) is 5.56 Å². The molecule has 0 saturated carbocycles. The van der Waals surface area contributed by atoms with Gasteiger partial charge in [-0.05, 0) is 24.1 Å². The quantitative estimate of drug-likeness (QED) is 0.803. The number of carboxylic acids is 1. The fourth-order valence-corrected chi connectivity index (χ4v) is 1.76. The standard InChI is InChI=1S/C15H20N2O4/c1-11(18)17(2)10-12-5-3-6-13(9-12)16-14(19)7-4-8-15(20)21/h3,5-6,9H,4,7-8,10H2,1-2H3,(H,16,19)(H,20,21). The maximum Gasteiger partial charge on any atom is 0.303 e. The van der Waals surface area contributed by atoms with Crippen LogP contribution >= 0.6 is 0 Å². The third-order valence-electron chi connectivity index (χ3n) is 2.96. The van der Waals surface area contributed by atoms with Gasteiger partial charge in [-0.3, -0.25) is 14.4 Å². The Bertz CT molecular complexity index is 528. The summed E-state index contributed by atoms with van der Waals surface area (Å²) >= 11 is 0. The molecule has 0 fully saturated rings. The van der Waals surface area contributed by atoms with Crippen LogP contribution in [0.4, 0.5) is 5.69 Å². The third-order valence-corrected chi connectivity index (χ3v) is 2.96. The van der Waals surface area contributed by atoms with Crippen molar-refractivity contribution in [3.8, 4) is 0 Å². The molecule has 0 aliphatic carbocycles. The van der Waals surface area contributed by atoms with Crippen LogP contribution in [-0.4, -0.2) is 34.8 Å². The molecule has 1 aromatic carbocycles. The predicted octanol–water partition coefficient (Wildman–Crippen LogP) is 1.86. The van der Waals surface area contributed by atoms with E-state index < -0.39 is 5.97 Å². The molecule has 0 atom stereocenters. The van der Waals surface area contributed by atoms with Crippen molar-refractivity contribution < 1.29 is 19.5 Å². The number of benzene rings is 1. The van der Waals surface area contributed by atoms with Crippen molar-refractivity contribution in [3.05, 3.63) is 29.8 Å². The van der Waals surface area contributed by atoms with Gasteiger partial charge in [-0.1, -0.05) is 12.1 Å². The van der Waals surface area contributed by atoms with Gasteiger partial charge >= 0.3 is 5.97 Å². The van der Waals surface area contributed by atoms with Crippen LogP contribution in [0.2, 0.25) is 0 Å². The number of nitrogens with zero attached hydrogens (tertiary/aromatic N) is 1. The monoisotopic (exact) mass is 292 g/mol. The minimum atomic E-state index is -0.905. The molecule has 0 unspecified atom stereocenters. The zero-order chi connectivity index (χ0) is 15.8. The second-order valence-electron chi connectivity index (χ2n) is 4.87. The molecule has 0 aliphatic rings. The van der Waals surface area contributed by atoms with Crippen molar-refractivity contribution in [2.45, 2.75) is 32.7 Å². The lowest BCUT2D eigenvalue weighted by atomic mass is 10.1. The third kappa shape index (κ3) is 6.56. The molecule has 0 heterocycles. The zero-order valence-electron chi connectivity index (χ0n) is 12.3. The largest absolute Gasteiger partial charge is 0.481 e. The van der Waals surface area contributed by atoms with Crippen molar-refractivity contribution in [1.29, 1.82) is 0 Å². The van der Waals surface area contributed by atoms with Gasteiger partial charge in [-0.2, -0.15) is 0 Å². The molecule has 6 heteroatoms. The molecule has 21 heavy (non-hydrogen) atoms. The number of carbonyl (C=O) groups is 3. The van der Waals surface area contributed by atoms with E-state index in [9.17, 15) is 14.4 Å². The Kier molecular flexibility index (Phi) is 6.39. The summed E-state index contributed by atoms with van der Waals surface area (Å²) < 4.78 is 0. The number of aliphatic carboxylic acids is 1. The average Bonchev–Trinajstić information content (AvgIpc) is 2.38. The first-order valence-electron chi connectivity index (χ1n) is 6.71. The average molecular weight is 292 g/mol. The molecule has 0 spiro atoms. The summed E-state index contributed by atoms with van der Waals surface area (Å²) in [5.74, 6) is -1.15. The van der Waals surface area contributed by atoms with Gasteiger partial charge in [-0.25, -0.2) is 0 Å². The van der Waals surface area contributed by atoms with Crippen molar-refractivity contribution in [3.63, 3.8) is 0 Å². The zero-order valence-corrected chi connectivity index (χ0v) is 12.3. The second-order valence-corrected chi connectivity index (χ2v) is 4.87. The van der Waals surface area contributed by atoms with Crippen molar-refractivity contribution in [1.82, 2.24) is 4.90 Å². The molecular formula is C15H20N2O4. The van der Waals surface area contributed by atoms with Crippen LogP contribution in [0.1, 0.15) is 31.7 Å². The number of anilines is 1. The van der Waals surface area contributed by atoms with Gasteiger partial charge in [0.1, 0.15) is 0 Å². The number of carboxylic acid groups (broad SMARTS) is 1. The van der Waals surface area contributed by atoms with Gasteiger partial charge in [0.25, 0.3) is 0 Å². The molecule has 0 aliphatic heterocycles.